The van der Waals surface area contributed by atoms with Crippen molar-refractivity contribution in [2.75, 3.05) is 11.9 Å². The summed E-state index contributed by atoms with van der Waals surface area (Å²) >= 11 is 5.35. The molecule has 1 fully saturated rings. The quantitative estimate of drug-likeness (QED) is 0.402. The number of rotatable bonds is 4. The summed E-state index contributed by atoms with van der Waals surface area (Å²) in [5.74, 6) is 0.122. The van der Waals surface area contributed by atoms with Crippen molar-refractivity contribution in [3.05, 3.63) is 54.1 Å². The molecular formula is C23H27N5OS. The number of fused-ring (bicyclic) bond motifs is 1. The molecule has 1 aliphatic heterocycles. The summed E-state index contributed by atoms with van der Waals surface area (Å²) in [4.78, 5) is 2.40. The van der Waals surface area contributed by atoms with Gasteiger partial charge < -0.3 is 10.4 Å². The first-order valence-corrected chi connectivity index (χ1v) is 10.8. The lowest BCUT2D eigenvalue weighted by molar-refractivity contribution is 0.120. The van der Waals surface area contributed by atoms with Crippen LogP contribution in [0, 0.1) is 6.92 Å². The van der Waals surface area contributed by atoms with Crippen LogP contribution >= 0.6 is 12.2 Å². The normalized spacial score (nSPS) is 17.6. The van der Waals surface area contributed by atoms with Crippen molar-refractivity contribution in [1.82, 2.24) is 9.47 Å². The number of nitrogens with zero attached hydrogens (tertiary/aromatic N) is 4. The Morgan fingerprint density at radius 3 is 2.73 bits per heavy atom. The van der Waals surface area contributed by atoms with Gasteiger partial charge in [-0.1, -0.05) is 42.8 Å². The molecule has 4 rings (SSSR count). The van der Waals surface area contributed by atoms with E-state index in [0.717, 1.165) is 28.7 Å². The van der Waals surface area contributed by atoms with E-state index in [0.29, 0.717) is 18.4 Å². The molecule has 1 aromatic heterocycles. The second kappa shape index (κ2) is 8.93. The molecule has 156 valence electrons. The molecule has 30 heavy (non-hydrogen) atoms. The van der Waals surface area contributed by atoms with Crippen LogP contribution in [0.2, 0.25) is 0 Å². The highest BCUT2D eigenvalue weighted by Crippen LogP contribution is 2.39. The van der Waals surface area contributed by atoms with Crippen molar-refractivity contribution < 1.29 is 5.11 Å². The Bertz CT molecular complexity index is 1090. The maximum absolute atomic E-state index is 11.0. The van der Waals surface area contributed by atoms with E-state index in [1.54, 1.807) is 0 Å². The lowest BCUT2D eigenvalue weighted by Crippen LogP contribution is -2.38. The highest BCUT2D eigenvalue weighted by atomic mass is 32.1. The van der Waals surface area contributed by atoms with Crippen molar-refractivity contribution in [3.8, 4) is 5.88 Å². The van der Waals surface area contributed by atoms with Crippen LogP contribution in [0.3, 0.4) is 0 Å². The van der Waals surface area contributed by atoms with Crippen LogP contribution in [0.4, 0.5) is 11.4 Å². The van der Waals surface area contributed by atoms with Crippen LogP contribution in [0.1, 0.15) is 31.7 Å². The molecule has 0 bridgehead atoms. The zero-order valence-corrected chi connectivity index (χ0v) is 18.2. The van der Waals surface area contributed by atoms with E-state index >= 15 is 0 Å². The third-order valence-electron chi connectivity index (χ3n) is 5.81. The van der Waals surface area contributed by atoms with E-state index in [1.807, 2.05) is 60.0 Å². The zero-order chi connectivity index (χ0) is 21.1. The first kappa shape index (κ1) is 20.5. The fraction of sp³-hybridized carbons (Fsp3) is 0.348. The Hall–Kier alpha value is -2.77. The summed E-state index contributed by atoms with van der Waals surface area (Å²) in [5, 5.41) is 23.7. The van der Waals surface area contributed by atoms with Gasteiger partial charge in [-0.25, -0.2) is 0 Å². The Labute approximate surface area is 182 Å². The SMILES string of the molecule is Cc1ccccc1NC(=S)N=Nc1c(O)n(CN2CCCC[C@@H]2C)c2ccccc12. The maximum Gasteiger partial charge on any atom is 0.221 e. The number of aromatic hydroxyl groups is 1. The first-order valence-electron chi connectivity index (χ1n) is 10.4. The first-order chi connectivity index (χ1) is 14.5. The molecule has 0 spiro atoms. The minimum Gasteiger partial charge on any atom is -0.493 e. The monoisotopic (exact) mass is 421 g/mol. The molecule has 1 atom stereocenters. The van der Waals surface area contributed by atoms with Gasteiger partial charge in [-0.3, -0.25) is 9.47 Å². The molecular weight excluding hydrogens is 394 g/mol. The molecule has 0 unspecified atom stereocenters. The van der Waals surface area contributed by atoms with Crippen molar-refractivity contribution >= 4 is 39.6 Å². The number of para-hydroxylation sites is 2. The number of aryl methyl sites for hydroxylation is 1. The molecule has 1 aliphatic rings. The molecule has 0 aliphatic carbocycles. The number of piperidine rings is 1. The summed E-state index contributed by atoms with van der Waals surface area (Å²) in [5.41, 5.74) is 3.36. The number of benzene rings is 2. The van der Waals surface area contributed by atoms with Crippen molar-refractivity contribution in [2.45, 2.75) is 45.8 Å². The van der Waals surface area contributed by atoms with E-state index in [4.69, 9.17) is 12.2 Å². The highest BCUT2D eigenvalue weighted by Gasteiger charge is 2.22. The standard InChI is InChI=1S/C23H27N5OS/c1-16-9-3-5-12-19(16)24-23(30)26-25-21-18-11-4-6-13-20(18)28(22(21)29)15-27-14-8-7-10-17(27)2/h3-6,9,11-13,17,29H,7-8,10,14-15H2,1-2H3,(H,24,30)/t17-/m0/s1. The number of aromatic nitrogens is 1. The van der Waals surface area contributed by atoms with Crippen molar-refractivity contribution in [1.29, 1.82) is 0 Å². The number of likely N-dealkylation sites (tertiary alicyclic amines) is 1. The number of nitrogens with one attached hydrogen (secondary N) is 1. The minimum absolute atomic E-state index is 0.122. The Balaban J connectivity index is 1.61. The Kier molecular flexibility index (Phi) is 6.11. The van der Waals surface area contributed by atoms with E-state index in [9.17, 15) is 5.11 Å². The Morgan fingerprint density at radius 2 is 1.93 bits per heavy atom. The van der Waals surface area contributed by atoms with Crippen LogP contribution in [0.15, 0.2) is 58.8 Å². The van der Waals surface area contributed by atoms with E-state index < -0.39 is 0 Å². The third kappa shape index (κ3) is 4.22. The number of anilines is 1. The van der Waals surface area contributed by atoms with Gasteiger partial charge in [-0.15, -0.1) is 10.2 Å². The van der Waals surface area contributed by atoms with Gasteiger partial charge in [-0.2, -0.15) is 0 Å². The molecule has 6 nitrogen and oxygen atoms in total. The van der Waals surface area contributed by atoms with Crippen molar-refractivity contribution in [2.24, 2.45) is 10.2 Å². The summed E-state index contributed by atoms with van der Waals surface area (Å²) in [6, 6.07) is 16.2. The number of hydrogen-bond donors (Lipinski definition) is 2. The highest BCUT2D eigenvalue weighted by molar-refractivity contribution is 7.80. The molecule has 0 radical (unpaired) electrons. The fourth-order valence-electron chi connectivity index (χ4n) is 4.01. The van der Waals surface area contributed by atoms with E-state index in [1.165, 1.54) is 19.3 Å². The second-order valence-electron chi connectivity index (χ2n) is 7.86. The largest absolute Gasteiger partial charge is 0.493 e. The number of thiocarbonyl (C=S) groups is 1. The molecule has 2 heterocycles. The van der Waals surface area contributed by atoms with Gasteiger partial charge in [0.2, 0.25) is 11.0 Å². The topological polar surface area (TPSA) is 65.2 Å². The molecule has 7 heteroatoms. The predicted molar refractivity (Wildman–Crippen MR) is 126 cm³/mol. The molecule has 0 saturated carbocycles. The van der Waals surface area contributed by atoms with Gasteiger partial charge in [0.1, 0.15) is 0 Å². The van der Waals surface area contributed by atoms with Gasteiger partial charge in [0.05, 0.1) is 12.2 Å². The van der Waals surface area contributed by atoms with E-state index in [2.05, 4.69) is 27.4 Å². The van der Waals surface area contributed by atoms with Gasteiger partial charge >= 0.3 is 0 Å². The van der Waals surface area contributed by atoms with E-state index in [-0.39, 0.29) is 11.0 Å². The van der Waals surface area contributed by atoms with Gasteiger partial charge in [0.15, 0.2) is 5.69 Å². The minimum atomic E-state index is 0.122. The predicted octanol–water partition coefficient (Wildman–Crippen LogP) is 5.97. The number of hydrogen-bond acceptors (Lipinski definition) is 4. The molecule has 3 aromatic rings. The second-order valence-corrected chi connectivity index (χ2v) is 8.25. The lowest BCUT2D eigenvalue weighted by Gasteiger charge is -2.33. The zero-order valence-electron chi connectivity index (χ0n) is 17.4. The molecule has 0 amide bonds. The molecule has 2 aromatic carbocycles. The third-order valence-corrected chi connectivity index (χ3v) is 5.99. The Morgan fingerprint density at radius 1 is 1.17 bits per heavy atom. The summed E-state index contributed by atoms with van der Waals surface area (Å²) in [6.45, 7) is 5.92. The average molecular weight is 422 g/mol. The van der Waals surface area contributed by atoms with Gasteiger partial charge in [-0.05, 0) is 56.6 Å². The van der Waals surface area contributed by atoms with Crippen LogP contribution in [0.5, 0.6) is 5.88 Å². The molecule has 2 N–H and O–H groups in total. The van der Waals surface area contributed by atoms with Crippen LogP contribution < -0.4 is 5.32 Å². The maximum atomic E-state index is 11.0. The van der Waals surface area contributed by atoms with Crippen LogP contribution in [-0.2, 0) is 6.67 Å². The van der Waals surface area contributed by atoms with Gasteiger partial charge in [0.25, 0.3) is 0 Å². The van der Waals surface area contributed by atoms with Gasteiger partial charge in [0, 0.05) is 23.7 Å². The fourth-order valence-corrected chi connectivity index (χ4v) is 4.16. The number of azo groups is 1. The summed E-state index contributed by atoms with van der Waals surface area (Å²) in [6.07, 6.45) is 3.64. The van der Waals surface area contributed by atoms with Crippen LogP contribution in [0.25, 0.3) is 10.9 Å². The molecule has 1 saturated heterocycles. The smallest absolute Gasteiger partial charge is 0.221 e. The van der Waals surface area contributed by atoms with Crippen molar-refractivity contribution in [3.63, 3.8) is 0 Å². The summed E-state index contributed by atoms with van der Waals surface area (Å²) < 4.78 is 1.92. The average Bonchev–Trinajstić information content (AvgIpc) is 3.01. The van der Waals surface area contributed by atoms with Crippen LogP contribution in [-0.4, -0.2) is 32.3 Å². The lowest BCUT2D eigenvalue weighted by atomic mass is 10.0. The summed E-state index contributed by atoms with van der Waals surface area (Å²) in [7, 11) is 0.